The van der Waals surface area contributed by atoms with E-state index in [-0.39, 0.29) is 5.97 Å². The standard InChI is InChI=1S/C9H12N2O2S2/c1-3-10-9(14)11-6-4-5-15-7(6)8(12)13-2/h4-5H,3H2,1-2H3,(H2,10,11,14). The predicted molar refractivity (Wildman–Crippen MR) is 65.6 cm³/mol. The summed E-state index contributed by atoms with van der Waals surface area (Å²) in [6.45, 7) is 2.69. The molecular formula is C9H12N2O2S2. The maximum Gasteiger partial charge on any atom is 0.350 e. The van der Waals surface area contributed by atoms with Crippen LogP contribution in [-0.2, 0) is 4.74 Å². The molecule has 4 nitrogen and oxygen atoms in total. The van der Waals surface area contributed by atoms with Crippen molar-refractivity contribution in [1.82, 2.24) is 5.32 Å². The number of nitrogens with one attached hydrogen (secondary N) is 2. The Kier molecular flexibility index (Phi) is 4.51. The Labute approximate surface area is 97.6 Å². The summed E-state index contributed by atoms with van der Waals surface area (Å²) in [5.41, 5.74) is 0.679. The highest BCUT2D eigenvalue weighted by Gasteiger charge is 2.13. The van der Waals surface area contributed by atoms with Crippen LogP contribution in [0.4, 0.5) is 5.69 Å². The van der Waals surface area contributed by atoms with Gasteiger partial charge in [0.2, 0.25) is 0 Å². The van der Waals surface area contributed by atoms with Gasteiger partial charge in [-0.05, 0) is 30.6 Å². The number of carbonyl (C=O) groups is 1. The van der Waals surface area contributed by atoms with Crippen LogP contribution in [-0.4, -0.2) is 24.7 Å². The smallest absolute Gasteiger partial charge is 0.350 e. The number of ether oxygens (including phenoxy) is 1. The van der Waals surface area contributed by atoms with Gasteiger partial charge >= 0.3 is 5.97 Å². The molecule has 0 saturated heterocycles. The molecule has 0 bridgehead atoms. The molecule has 0 radical (unpaired) electrons. The van der Waals surface area contributed by atoms with E-state index in [1.54, 1.807) is 6.07 Å². The summed E-state index contributed by atoms with van der Waals surface area (Å²) in [7, 11) is 1.36. The lowest BCUT2D eigenvalue weighted by atomic mass is 10.4. The zero-order chi connectivity index (χ0) is 11.3. The first kappa shape index (κ1) is 11.9. The molecule has 0 amide bonds. The molecule has 1 aromatic rings. The lowest BCUT2D eigenvalue weighted by molar-refractivity contribution is 0.0607. The number of methoxy groups -OCH3 is 1. The van der Waals surface area contributed by atoms with Crippen LogP contribution in [0.5, 0.6) is 0 Å². The average molecular weight is 244 g/mol. The van der Waals surface area contributed by atoms with Gasteiger partial charge in [-0.15, -0.1) is 11.3 Å². The zero-order valence-electron chi connectivity index (χ0n) is 8.49. The second-order valence-electron chi connectivity index (χ2n) is 2.64. The molecule has 82 valence electrons. The summed E-state index contributed by atoms with van der Waals surface area (Å²) in [4.78, 5) is 11.8. The molecule has 0 saturated carbocycles. The third-order valence-electron chi connectivity index (χ3n) is 1.62. The van der Waals surface area contributed by atoms with Crippen molar-refractivity contribution in [3.8, 4) is 0 Å². The van der Waals surface area contributed by atoms with Crippen molar-refractivity contribution in [1.29, 1.82) is 0 Å². The minimum atomic E-state index is -0.355. The fourth-order valence-corrected chi connectivity index (χ4v) is 2.01. The van der Waals surface area contributed by atoms with Gasteiger partial charge in [-0.1, -0.05) is 0 Å². The lowest BCUT2D eigenvalue weighted by Crippen LogP contribution is -2.28. The Hall–Kier alpha value is -1.14. The number of hydrogen-bond donors (Lipinski definition) is 2. The van der Waals surface area contributed by atoms with Gasteiger partial charge in [0.05, 0.1) is 12.8 Å². The molecule has 1 aromatic heterocycles. The third kappa shape index (κ3) is 3.17. The first-order chi connectivity index (χ1) is 7.19. The van der Waals surface area contributed by atoms with E-state index < -0.39 is 0 Å². The number of carbonyl (C=O) groups excluding carboxylic acids is 1. The molecule has 0 spiro atoms. The van der Waals surface area contributed by atoms with Crippen LogP contribution in [0.3, 0.4) is 0 Å². The van der Waals surface area contributed by atoms with Gasteiger partial charge in [-0.3, -0.25) is 0 Å². The number of thiocarbonyl (C=S) groups is 1. The van der Waals surface area contributed by atoms with Gasteiger partial charge in [0, 0.05) is 6.54 Å². The highest BCUT2D eigenvalue weighted by molar-refractivity contribution is 7.80. The Morgan fingerprint density at radius 2 is 2.40 bits per heavy atom. The van der Waals surface area contributed by atoms with Crippen LogP contribution >= 0.6 is 23.6 Å². The highest BCUT2D eigenvalue weighted by Crippen LogP contribution is 2.22. The largest absolute Gasteiger partial charge is 0.465 e. The van der Waals surface area contributed by atoms with Crippen LogP contribution in [0, 0.1) is 0 Å². The van der Waals surface area contributed by atoms with E-state index in [2.05, 4.69) is 15.4 Å². The summed E-state index contributed by atoms with van der Waals surface area (Å²) < 4.78 is 4.64. The molecule has 0 aliphatic heterocycles. The fraction of sp³-hybridized carbons (Fsp3) is 0.333. The minimum absolute atomic E-state index is 0.355. The number of anilines is 1. The van der Waals surface area contributed by atoms with Crippen molar-refractivity contribution in [3.05, 3.63) is 16.3 Å². The van der Waals surface area contributed by atoms with Gasteiger partial charge in [0.15, 0.2) is 5.11 Å². The van der Waals surface area contributed by atoms with E-state index in [1.165, 1.54) is 18.4 Å². The van der Waals surface area contributed by atoms with Crippen molar-refractivity contribution in [2.75, 3.05) is 19.0 Å². The summed E-state index contributed by atoms with van der Waals surface area (Å²) >= 11 is 6.33. The molecule has 2 N–H and O–H groups in total. The van der Waals surface area contributed by atoms with Crippen LogP contribution in [0.15, 0.2) is 11.4 Å². The summed E-state index contributed by atoms with van der Waals surface area (Å²) in [6.07, 6.45) is 0. The van der Waals surface area contributed by atoms with Gasteiger partial charge < -0.3 is 15.4 Å². The Balaban J connectivity index is 2.73. The van der Waals surface area contributed by atoms with Crippen LogP contribution in [0.25, 0.3) is 0 Å². The van der Waals surface area contributed by atoms with E-state index >= 15 is 0 Å². The third-order valence-corrected chi connectivity index (χ3v) is 2.76. The second-order valence-corrected chi connectivity index (χ2v) is 3.96. The molecule has 0 fully saturated rings. The maximum atomic E-state index is 11.3. The van der Waals surface area contributed by atoms with E-state index in [0.29, 0.717) is 15.7 Å². The quantitative estimate of drug-likeness (QED) is 0.627. The second kappa shape index (κ2) is 5.67. The Bertz CT molecular complexity index is 363. The maximum absolute atomic E-state index is 11.3. The fourth-order valence-electron chi connectivity index (χ4n) is 0.986. The molecular weight excluding hydrogens is 232 g/mol. The van der Waals surface area contributed by atoms with E-state index in [1.807, 2.05) is 12.3 Å². The number of esters is 1. The monoisotopic (exact) mass is 244 g/mol. The molecule has 15 heavy (non-hydrogen) atoms. The summed E-state index contributed by atoms with van der Waals surface area (Å²) in [5, 5.41) is 8.19. The molecule has 0 aromatic carbocycles. The van der Waals surface area contributed by atoms with Gasteiger partial charge in [0.1, 0.15) is 4.88 Å². The molecule has 1 rings (SSSR count). The van der Waals surface area contributed by atoms with E-state index in [9.17, 15) is 4.79 Å². The SMILES string of the molecule is CCNC(=S)Nc1ccsc1C(=O)OC. The number of hydrogen-bond acceptors (Lipinski definition) is 4. The lowest BCUT2D eigenvalue weighted by Gasteiger charge is -2.08. The Morgan fingerprint density at radius 3 is 3.00 bits per heavy atom. The topological polar surface area (TPSA) is 50.4 Å². The molecule has 0 aliphatic carbocycles. The zero-order valence-corrected chi connectivity index (χ0v) is 10.1. The van der Waals surface area contributed by atoms with Crippen LogP contribution in [0.2, 0.25) is 0 Å². The molecule has 0 atom stereocenters. The number of thiophene rings is 1. The average Bonchev–Trinajstić information content (AvgIpc) is 2.65. The first-order valence-corrected chi connectivity index (χ1v) is 5.68. The van der Waals surface area contributed by atoms with Gasteiger partial charge in [-0.2, -0.15) is 0 Å². The molecule has 6 heteroatoms. The van der Waals surface area contributed by atoms with Crippen molar-refractivity contribution >= 4 is 40.3 Å². The first-order valence-electron chi connectivity index (χ1n) is 4.39. The van der Waals surface area contributed by atoms with Crippen LogP contribution < -0.4 is 10.6 Å². The Morgan fingerprint density at radius 1 is 1.67 bits per heavy atom. The van der Waals surface area contributed by atoms with Crippen molar-refractivity contribution in [2.45, 2.75) is 6.92 Å². The summed E-state index contributed by atoms with van der Waals surface area (Å²) in [5.74, 6) is -0.355. The van der Waals surface area contributed by atoms with Crippen molar-refractivity contribution < 1.29 is 9.53 Å². The van der Waals surface area contributed by atoms with Gasteiger partial charge in [0.25, 0.3) is 0 Å². The highest BCUT2D eigenvalue weighted by atomic mass is 32.1. The van der Waals surface area contributed by atoms with Crippen molar-refractivity contribution in [3.63, 3.8) is 0 Å². The van der Waals surface area contributed by atoms with E-state index in [4.69, 9.17) is 12.2 Å². The van der Waals surface area contributed by atoms with E-state index in [0.717, 1.165) is 6.54 Å². The predicted octanol–water partition coefficient (Wildman–Crippen LogP) is 1.84. The van der Waals surface area contributed by atoms with Gasteiger partial charge in [-0.25, -0.2) is 4.79 Å². The van der Waals surface area contributed by atoms with Crippen molar-refractivity contribution in [2.24, 2.45) is 0 Å². The molecule has 0 aliphatic rings. The summed E-state index contributed by atoms with van der Waals surface area (Å²) in [6, 6.07) is 1.79. The number of rotatable bonds is 3. The molecule has 1 heterocycles. The minimum Gasteiger partial charge on any atom is -0.465 e. The molecule has 0 unspecified atom stereocenters. The van der Waals surface area contributed by atoms with Crippen LogP contribution in [0.1, 0.15) is 16.6 Å². The normalized spacial score (nSPS) is 9.47.